The zero-order chi connectivity index (χ0) is 23.0. The van der Waals surface area contributed by atoms with Crippen LogP contribution in [0.4, 0.5) is 5.69 Å². The zero-order valence-electron chi connectivity index (χ0n) is 18.1. The Bertz CT molecular complexity index is 984. The maximum atomic E-state index is 12.5. The first-order chi connectivity index (χ1) is 14.7. The number of rotatable bonds is 10. The number of carbonyl (C=O) groups excluding carboxylic acids is 2. The summed E-state index contributed by atoms with van der Waals surface area (Å²) in [6.45, 7) is 7.27. The number of anilines is 1. The van der Waals surface area contributed by atoms with Crippen LogP contribution in [-0.2, 0) is 24.3 Å². The summed E-state index contributed by atoms with van der Waals surface area (Å²) in [5.74, 6) is -0.689. The Kier molecular flexibility index (Phi) is 8.58. The first-order valence-corrected chi connectivity index (χ1v) is 11.4. The Hall–Kier alpha value is -2.91. The quantitative estimate of drug-likeness (QED) is 0.561. The predicted molar refractivity (Wildman–Crippen MR) is 117 cm³/mol. The molecule has 0 saturated heterocycles. The normalized spacial score (nSPS) is 12.3. The molecule has 168 valence electrons. The van der Waals surface area contributed by atoms with Gasteiger partial charge in [0.15, 0.2) is 12.7 Å². The third-order valence-corrected chi connectivity index (χ3v) is 6.56. The molecule has 2 aromatic rings. The minimum absolute atomic E-state index is 0.141. The Morgan fingerprint density at radius 3 is 2.13 bits per heavy atom. The number of amides is 1. The standard InChI is InChI=1S/C22H28N2O6S/c1-5-24(6-2)31(27,28)20-13-9-18(10-14-20)23-21(25)15-29-22(26)17(4)30-19-11-7-16(3)8-12-19/h7-14,17H,5-6,15H2,1-4H3,(H,23,25). The molecule has 8 nitrogen and oxygen atoms in total. The van der Waals surface area contributed by atoms with Crippen molar-refractivity contribution in [2.45, 2.75) is 38.7 Å². The molecule has 0 aliphatic rings. The second kappa shape index (κ2) is 10.9. The number of carbonyl (C=O) groups is 2. The highest BCUT2D eigenvalue weighted by Crippen LogP contribution is 2.18. The summed E-state index contributed by atoms with van der Waals surface area (Å²) in [7, 11) is -3.57. The van der Waals surface area contributed by atoms with Gasteiger partial charge < -0.3 is 14.8 Å². The van der Waals surface area contributed by atoms with Gasteiger partial charge in [-0.2, -0.15) is 4.31 Å². The minimum atomic E-state index is -3.57. The van der Waals surface area contributed by atoms with Crippen LogP contribution in [0.1, 0.15) is 26.3 Å². The monoisotopic (exact) mass is 448 g/mol. The molecule has 0 aromatic heterocycles. The molecule has 1 atom stereocenters. The lowest BCUT2D eigenvalue weighted by Gasteiger charge is -2.18. The highest BCUT2D eigenvalue weighted by Gasteiger charge is 2.21. The third kappa shape index (κ3) is 6.80. The van der Waals surface area contributed by atoms with Crippen molar-refractivity contribution in [3.63, 3.8) is 0 Å². The number of hydrogen-bond donors (Lipinski definition) is 1. The molecule has 0 spiro atoms. The summed E-state index contributed by atoms with van der Waals surface area (Å²) < 4.78 is 36.8. The summed E-state index contributed by atoms with van der Waals surface area (Å²) in [6.07, 6.45) is -0.875. The molecule has 2 rings (SSSR count). The van der Waals surface area contributed by atoms with Gasteiger partial charge in [0.2, 0.25) is 10.0 Å². The largest absolute Gasteiger partial charge is 0.479 e. The van der Waals surface area contributed by atoms with Crippen LogP contribution in [0.15, 0.2) is 53.4 Å². The fourth-order valence-electron chi connectivity index (χ4n) is 2.74. The van der Waals surface area contributed by atoms with E-state index in [1.54, 1.807) is 26.0 Å². The topological polar surface area (TPSA) is 102 Å². The molecule has 1 amide bonds. The predicted octanol–water partition coefficient (Wildman–Crippen LogP) is 2.97. The van der Waals surface area contributed by atoms with Crippen LogP contribution in [-0.4, -0.2) is 50.4 Å². The van der Waals surface area contributed by atoms with Crippen LogP contribution < -0.4 is 10.1 Å². The summed E-state index contributed by atoms with van der Waals surface area (Å²) in [4.78, 5) is 24.3. The summed E-state index contributed by atoms with van der Waals surface area (Å²) in [5.41, 5.74) is 1.46. The molecule has 1 unspecified atom stereocenters. The van der Waals surface area contributed by atoms with Crippen LogP contribution in [0.25, 0.3) is 0 Å². The average molecular weight is 449 g/mol. The number of hydrogen-bond acceptors (Lipinski definition) is 6. The lowest BCUT2D eigenvalue weighted by atomic mass is 10.2. The maximum Gasteiger partial charge on any atom is 0.347 e. The Morgan fingerprint density at radius 1 is 1.00 bits per heavy atom. The van der Waals surface area contributed by atoms with E-state index in [9.17, 15) is 18.0 Å². The molecule has 2 aromatic carbocycles. The molecule has 0 saturated carbocycles. The molecule has 31 heavy (non-hydrogen) atoms. The van der Waals surface area contributed by atoms with Gasteiger partial charge >= 0.3 is 5.97 Å². The summed E-state index contributed by atoms with van der Waals surface area (Å²) in [5, 5.41) is 2.56. The number of nitrogens with one attached hydrogen (secondary N) is 1. The van der Waals surface area contributed by atoms with Crippen molar-refractivity contribution in [2.75, 3.05) is 25.0 Å². The average Bonchev–Trinajstić information content (AvgIpc) is 2.74. The Balaban J connectivity index is 1.86. The molecular formula is C22H28N2O6S. The van der Waals surface area contributed by atoms with E-state index < -0.39 is 34.6 Å². The number of nitrogens with zero attached hydrogens (tertiary/aromatic N) is 1. The first-order valence-electron chi connectivity index (χ1n) is 9.97. The smallest absolute Gasteiger partial charge is 0.347 e. The molecule has 0 aliphatic heterocycles. The number of aryl methyl sites for hydroxylation is 1. The Morgan fingerprint density at radius 2 is 1.58 bits per heavy atom. The van der Waals surface area contributed by atoms with Crippen LogP contribution in [0.2, 0.25) is 0 Å². The van der Waals surface area contributed by atoms with E-state index in [-0.39, 0.29) is 4.90 Å². The van der Waals surface area contributed by atoms with Gasteiger partial charge in [0, 0.05) is 18.8 Å². The highest BCUT2D eigenvalue weighted by molar-refractivity contribution is 7.89. The van der Waals surface area contributed by atoms with Crippen molar-refractivity contribution < 1.29 is 27.5 Å². The van der Waals surface area contributed by atoms with Crippen molar-refractivity contribution in [1.29, 1.82) is 0 Å². The van der Waals surface area contributed by atoms with E-state index in [1.807, 2.05) is 19.1 Å². The van der Waals surface area contributed by atoms with Gasteiger partial charge in [-0.15, -0.1) is 0 Å². The SMILES string of the molecule is CCN(CC)S(=O)(=O)c1ccc(NC(=O)COC(=O)C(C)Oc2ccc(C)cc2)cc1. The van der Waals surface area contributed by atoms with Gasteiger partial charge in [-0.1, -0.05) is 31.5 Å². The van der Waals surface area contributed by atoms with Crippen LogP contribution in [0.5, 0.6) is 5.75 Å². The van der Waals surface area contributed by atoms with Crippen molar-refractivity contribution in [2.24, 2.45) is 0 Å². The Labute approximate surface area is 183 Å². The second-order valence-corrected chi connectivity index (χ2v) is 8.78. The molecule has 0 heterocycles. The van der Waals surface area contributed by atoms with Crippen LogP contribution in [0, 0.1) is 6.92 Å². The van der Waals surface area contributed by atoms with Crippen molar-refractivity contribution in [1.82, 2.24) is 4.31 Å². The maximum absolute atomic E-state index is 12.5. The van der Waals surface area contributed by atoms with E-state index in [0.29, 0.717) is 24.5 Å². The van der Waals surface area contributed by atoms with Crippen molar-refractivity contribution in [3.8, 4) is 5.75 Å². The molecule has 1 N–H and O–H groups in total. The third-order valence-electron chi connectivity index (χ3n) is 4.49. The van der Waals surface area contributed by atoms with Crippen LogP contribution in [0.3, 0.4) is 0 Å². The molecule has 9 heteroatoms. The van der Waals surface area contributed by atoms with Gasteiger partial charge in [-0.25, -0.2) is 13.2 Å². The lowest BCUT2D eigenvalue weighted by Crippen LogP contribution is -2.30. The molecule has 0 aliphatic carbocycles. The van der Waals surface area contributed by atoms with Gasteiger partial charge in [0.25, 0.3) is 5.91 Å². The van der Waals surface area contributed by atoms with Crippen LogP contribution >= 0.6 is 0 Å². The fraction of sp³-hybridized carbons (Fsp3) is 0.364. The number of esters is 1. The molecule has 0 fully saturated rings. The minimum Gasteiger partial charge on any atom is -0.479 e. The summed E-state index contributed by atoms with van der Waals surface area (Å²) >= 11 is 0. The van der Waals surface area contributed by atoms with Gasteiger partial charge in [0.1, 0.15) is 5.75 Å². The molecule has 0 bridgehead atoms. The number of ether oxygens (including phenoxy) is 2. The fourth-order valence-corrected chi connectivity index (χ4v) is 4.20. The van der Waals surface area contributed by atoms with Crippen molar-refractivity contribution >= 4 is 27.6 Å². The summed E-state index contributed by atoms with van der Waals surface area (Å²) in [6, 6.07) is 13.0. The second-order valence-electron chi connectivity index (χ2n) is 6.84. The van der Waals surface area contributed by atoms with Gasteiger partial charge in [-0.3, -0.25) is 4.79 Å². The number of sulfonamides is 1. The van der Waals surface area contributed by atoms with E-state index in [0.717, 1.165) is 5.56 Å². The van der Waals surface area contributed by atoms with E-state index >= 15 is 0 Å². The number of benzene rings is 2. The molecule has 0 radical (unpaired) electrons. The van der Waals surface area contributed by atoms with Gasteiger partial charge in [-0.05, 0) is 50.2 Å². The van der Waals surface area contributed by atoms with Crippen molar-refractivity contribution in [3.05, 3.63) is 54.1 Å². The zero-order valence-corrected chi connectivity index (χ0v) is 18.9. The van der Waals surface area contributed by atoms with E-state index in [4.69, 9.17) is 9.47 Å². The van der Waals surface area contributed by atoms with Gasteiger partial charge in [0.05, 0.1) is 4.90 Å². The lowest BCUT2D eigenvalue weighted by molar-refractivity contribution is -0.153. The van der Waals surface area contributed by atoms with E-state index in [1.165, 1.54) is 35.5 Å². The van der Waals surface area contributed by atoms with E-state index in [2.05, 4.69) is 5.32 Å². The molecular weight excluding hydrogens is 420 g/mol. The first kappa shape index (κ1) is 24.4. The highest BCUT2D eigenvalue weighted by atomic mass is 32.2.